The molecule has 0 fully saturated rings. The number of fused-ring (bicyclic) bond motifs is 1. The highest BCUT2D eigenvalue weighted by molar-refractivity contribution is 5.41. The van der Waals surface area contributed by atoms with Gasteiger partial charge in [0.25, 0.3) is 0 Å². The van der Waals surface area contributed by atoms with Gasteiger partial charge in [-0.05, 0) is 73.6 Å². The Balaban J connectivity index is 1.77. The summed E-state index contributed by atoms with van der Waals surface area (Å²) in [5.41, 5.74) is 7.40. The summed E-state index contributed by atoms with van der Waals surface area (Å²) in [5, 5.41) is 9.84. The first-order valence-corrected chi connectivity index (χ1v) is 7.55. The third kappa shape index (κ3) is 2.81. The maximum absolute atomic E-state index is 9.84. The largest absolute Gasteiger partial charge is 0.489 e. The zero-order chi connectivity index (χ0) is 15.0. The standard InChI is InChI=1S/C19H22O2/c1-12-8-13(2)18(14(3)9-12)11-21-16-5-6-17-15(10-16)4-7-19(17)20/h5-6,8-10,19-20H,4,7,11H2,1-3H3/t19-/m0/s1. The molecule has 0 heterocycles. The first-order chi connectivity index (χ1) is 10.0. The number of aliphatic hydroxyl groups is 1. The highest BCUT2D eigenvalue weighted by atomic mass is 16.5. The fourth-order valence-electron chi connectivity index (χ4n) is 3.25. The summed E-state index contributed by atoms with van der Waals surface area (Å²) in [7, 11) is 0. The second kappa shape index (κ2) is 5.53. The van der Waals surface area contributed by atoms with E-state index in [2.05, 4.69) is 39.0 Å². The lowest BCUT2D eigenvalue weighted by atomic mass is 10.0. The van der Waals surface area contributed by atoms with Crippen molar-refractivity contribution < 1.29 is 9.84 Å². The van der Waals surface area contributed by atoms with Crippen LogP contribution >= 0.6 is 0 Å². The van der Waals surface area contributed by atoms with E-state index in [4.69, 9.17) is 4.74 Å². The van der Waals surface area contributed by atoms with Crippen LogP contribution in [0.5, 0.6) is 5.75 Å². The molecule has 2 heteroatoms. The molecule has 0 amide bonds. The molecule has 0 unspecified atom stereocenters. The third-order valence-corrected chi connectivity index (χ3v) is 4.38. The molecular weight excluding hydrogens is 260 g/mol. The lowest BCUT2D eigenvalue weighted by molar-refractivity contribution is 0.180. The molecule has 1 atom stereocenters. The van der Waals surface area contributed by atoms with Crippen LogP contribution in [-0.2, 0) is 13.0 Å². The highest BCUT2D eigenvalue weighted by Crippen LogP contribution is 2.33. The average molecular weight is 282 g/mol. The predicted molar refractivity (Wildman–Crippen MR) is 84.7 cm³/mol. The molecule has 0 saturated heterocycles. The first kappa shape index (κ1) is 14.2. The fraction of sp³-hybridized carbons (Fsp3) is 0.368. The van der Waals surface area contributed by atoms with Crippen LogP contribution in [0.2, 0.25) is 0 Å². The van der Waals surface area contributed by atoms with Crippen LogP contribution in [0.4, 0.5) is 0 Å². The SMILES string of the molecule is Cc1cc(C)c(COc2ccc3c(c2)CC[C@@H]3O)c(C)c1. The second-order valence-electron chi connectivity index (χ2n) is 6.08. The number of hydrogen-bond acceptors (Lipinski definition) is 2. The minimum absolute atomic E-state index is 0.296. The molecule has 0 aliphatic heterocycles. The molecule has 3 rings (SSSR count). The monoisotopic (exact) mass is 282 g/mol. The van der Waals surface area contributed by atoms with E-state index in [1.807, 2.05) is 12.1 Å². The minimum atomic E-state index is -0.296. The van der Waals surface area contributed by atoms with Gasteiger partial charge in [0.2, 0.25) is 0 Å². The van der Waals surface area contributed by atoms with E-state index in [0.29, 0.717) is 6.61 Å². The molecule has 2 aromatic rings. The van der Waals surface area contributed by atoms with Gasteiger partial charge in [0.05, 0.1) is 6.10 Å². The maximum atomic E-state index is 9.84. The molecule has 2 aromatic carbocycles. The molecule has 110 valence electrons. The Morgan fingerprint density at radius 2 is 1.81 bits per heavy atom. The molecule has 0 saturated carbocycles. The quantitative estimate of drug-likeness (QED) is 0.915. The third-order valence-electron chi connectivity index (χ3n) is 4.38. The van der Waals surface area contributed by atoms with Crippen LogP contribution < -0.4 is 4.74 Å². The Labute approximate surface area is 126 Å². The molecule has 1 aliphatic rings. The van der Waals surface area contributed by atoms with Gasteiger partial charge in [-0.15, -0.1) is 0 Å². The normalized spacial score (nSPS) is 16.9. The van der Waals surface area contributed by atoms with Crippen molar-refractivity contribution in [3.05, 3.63) is 63.7 Å². The molecular formula is C19H22O2. The van der Waals surface area contributed by atoms with Crippen molar-refractivity contribution in [2.24, 2.45) is 0 Å². The van der Waals surface area contributed by atoms with E-state index in [1.54, 1.807) is 0 Å². The van der Waals surface area contributed by atoms with Crippen molar-refractivity contribution in [2.75, 3.05) is 0 Å². The number of benzene rings is 2. The molecule has 0 radical (unpaired) electrons. The van der Waals surface area contributed by atoms with Crippen LogP contribution in [0.15, 0.2) is 30.3 Å². The van der Waals surface area contributed by atoms with Crippen molar-refractivity contribution >= 4 is 0 Å². The van der Waals surface area contributed by atoms with Gasteiger partial charge in [-0.2, -0.15) is 0 Å². The Kier molecular flexibility index (Phi) is 3.73. The fourth-order valence-corrected chi connectivity index (χ4v) is 3.25. The van der Waals surface area contributed by atoms with Gasteiger partial charge in [0.1, 0.15) is 12.4 Å². The molecule has 21 heavy (non-hydrogen) atoms. The summed E-state index contributed by atoms with van der Waals surface area (Å²) >= 11 is 0. The van der Waals surface area contributed by atoms with E-state index >= 15 is 0 Å². The van der Waals surface area contributed by atoms with E-state index in [1.165, 1.54) is 27.8 Å². The summed E-state index contributed by atoms with van der Waals surface area (Å²) in [6, 6.07) is 10.4. The van der Waals surface area contributed by atoms with E-state index in [0.717, 1.165) is 24.2 Å². The van der Waals surface area contributed by atoms with Crippen molar-refractivity contribution in [3.63, 3.8) is 0 Å². The van der Waals surface area contributed by atoms with Gasteiger partial charge in [0, 0.05) is 0 Å². The molecule has 0 aromatic heterocycles. The minimum Gasteiger partial charge on any atom is -0.489 e. The Morgan fingerprint density at radius 3 is 2.52 bits per heavy atom. The Morgan fingerprint density at radius 1 is 1.10 bits per heavy atom. The molecule has 1 N–H and O–H groups in total. The average Bonchev–Trinajstić information content (AvgIpc) is 2.79. The Hall–Kier alpha value is -1.80. The smallest absolute Gasteiger partial charge is 0.120 e. The van der Waals surface area contributed by atoms with Crippen molar-refractivity contribution in [1.82, 2.24) is 0 Å². The van der Waals surface area contributed by atoms with Crippen molar-refractivity contribution in [2.45, 2.75) is 46.3 Å². The molecule has 0 bridgehead atoms. The van der Waals surface area contributed by atoms with Gasteiger partial charge in [-0.1, -0.05) is 23.8 Å². The summed E-state index contributed by atoms with van der Waals surface area (Å²) in [6.07, 6.45) is 1.47. The highest BCUT2D eigenvalue weighted by Gasteiger charge is 2.20. The summed E-state index contributed by atoms with van der Waals surface area (Å²) in [6.45, 7) is 6.99. The number of ether oxygens (including phenoxy) is 1. The van der Waals surface area contributed by atoms with Gasteiger partial charge in [-0.25, -0.2) is 0 Å². The summed E-state index contributed by atoms with van der Waals surface area (Å²) in [4.78, 5) is 0. The van der Waals surface area contributed by atoms with Gasteiger partial charge < -0.3 is 9.84 Å². The van der Waals surface area contributed by atoms with Crippen LogP contribution in [0.25, 0.3) is 0 Å². The van der Waals surface area contributed by atoms with Crippen LogP contribution in [0, 0.1) is 20.8 Å². The van der Waals surface area contributed by atoms with Gasteiger partial charge in [-0.3, -0.25) is 0 Å². The first-order valence-electron chi connectivity index (χ1n) is 7.55. The van der Waals surface area contributed by atoms with Gasteiger partial charge >= 0.3 is 0 Å². The van der Waals surface area contributed by atoms with Crippen molar-refractivity contribution in [3.8, 4) is 5.75 Å². The van der Waals surface area contributed by atoms with Gasteiger partial charge in [0.15, 0.2) is 0 Å². The zero-order valence-electron chi connectivity index (χ0n) is 12.9. The Bertz CT molecular complexity index is 650. The maximum Gasteiger partial charge on any atom is 0.120 e. The van der Waals surface area contributed by atoms with E-state index in [-0.39, 0.29) is 6.10 Å². The number of aliphatic hydroxyl groups excluding tert-OH is 1. The second-order valence-corrected chi connectivity index (χ2v) is 6.08. The zero-order valence-corrected chi connectivity index (χ0v) is 12.9. The number of rotatable bonds is 3. The van der Waals surface area contributed by atoms with E-state index in [9.17, 15) is 5.11 Å². The van der Waals surface area contributed by atoms with E-state index < -0.39 is 0 Å². The molecule has 1 aliphatic carbocycles. The van der Waals surface area contributed by atoms with Crippen LogP contribution in [0.3, 0.4) is 0 Å². The molecule has 2 nitrogen and oxygen atoms in total. The van der Waals surface area contributed by atoms with Crippen LogP contribution in [-0.4, -0.2) is 5.11 Å². The number of aryl methyl sites for hydroxylation is 4. The lowest BCUT2D eigenvalue weighted by Gasteiger charge is -2.13. The summed E-state index contributed by atoms with van der Waals surface area (Å²) < 4.78 is 5.97. The number of hydrogen-bond donors (Lipinski definition) is 1. The predicted octanol–water partition coefficient (Wildman–Crippen LogP) is 4.17. The topological polar surface area (TPSA) is 29.5 Å². The lowest BCUT2D eigenvalue weighted by Crippen LogP contribution is -2.02. The summed E-state index contributed by atoms with van der Waals surface area (Å²) in [5.74, 6) is 0.891. The van der Waals surface area contributed by atoms with Crippen molar-refractivity contribution in [1.29, 1.82) is 0 Å². The van der Waals surface area contributed by atoms with Crippen LogP contribution in [0.1, 0.15) is 45.9 Å². The molecule has 0 spiro atoms.